The number of aliphatic hydroxyl groups excluding tert-OH is 1. The molecule has 0 spiro atoms. The summed E-state index contributed by atoms with van der Waals surface area (Å²) in [6.07, 6.45) is 2.21. The van der Waals surface area contributed by atoms with E-state index in [0.717, 1.165) is 11.3 Å². The van der Waals surface area contributed by atoms with Crippen LogP contribution >= 0.6 is 11.6 Å². The maximum Gasteiger partial charge on any atom is 0.248 e. The first-order chi connectivity index (χ1) is 10.2. The van der Waals surface area contributed by atoms with Gasteiger partial charge >= 0.3 is 0 Å². The van der Waals surface area contributed by atoms with Crippen LogP contribution in [-0.4, -0.2) is 36.8 Å². The van der Waals surface area contributed by atoms with Gasteiger partial charge in [0, 0.05) is 29.8 Å². The van der Waals surface area contributed by atoms with Crippen molar-refractivity contribution in [2.45, 2.75) is 13.0 Å². The highest BCUT2D eigenvalue weighted by molar-refractivity contribution is 6.30. The van der Waals surface area contributed by atoms with E-state index >= 15 is 0 Å². The molecule has 3 rings (SSSR count). The minimum atomic E-state index is 0.0416. The summed E-state index contributed by atoms with van der Waals surface area (Å²) in [6, 6.07) is 7.19. The number of halogens is 1. The van der Waals surface area contributed by atoms with Gasteiger partial charge in [-0.3, -0.25) is 0 Å². The molecule has 0 saturated carbocycles. The predicted octanol–water partition coefficient (Wildman–Crippen LogP) is 1.56. The van der Waals surface area contributed by atoms with Crippen LogP contribution in [0, 0.1) is 0 Å². The van der Waals surface area contributed by atoms with Crippen LogP contribution in [-0.2, 0) is 13.0 Å². The summed E-state index contributed by atoms with van der Waals surface area (Å²) in [5, 5.41) is 21.3. The molecule has 0 aliphatic carbocycles. The molecule has 0 unspecified atom stereocenters. The van der Waals surface area contributed by atoms with Gasteiger partial charge in [0.25, 0.3) is 0 Å². The minimum absolute atomic E-state index is 0.0416. The molecule has 108 valence electrons. The van der Waals surface area contributed by atoms with Crippen LogP contribution < -0.4 is 0 Å². The van der Waals surface area contributed by atoms with Gasteiger partial charge in [-0.05, 0) is 24.3 Å². The Kier molecular flexibility index (Phi) is 3.94. The molecule has 7 nitrogen and oxygen atoms in total. The largest absolute Gasteiger partial charge is 0.396 e. The summed E-state index contributed by atoms with van der Waals surface area (Å²) in [5.74, 6) is 0.928. The normalized spacial score (nSPS) is 11.0. The van der Waals surface area contributed by atoms with Crippen LogP contribution in [0.4, 0.5) is 0 Å². The van der Waals surface area contributed by atoms with Gasteiger partial charge in [-0.2, -0.15) is 4.98 Å². The van der Waals surface area contributed by atoms with E-state index in [2.05, 4.69) is 20.5 Å². The van der Waals surface area contributed by atoms with Crippen LogP contribution in [0.15, 0.2) is 35.0 Å². The van der Waals surface area contributed by atoms with Crippen LogP contribution in [0.2, 0.25) is 5.02 Å². The lowest BCUT2D eigenvalue weighted by Gasteiger charge is -1.94. The second-order valence-electron chi connectivity index (χ2n) is 4.40. The van der Waals surface area contributed by atoms with Crippen LogP contribution in [0.5, 0.6) is 0 Å². The maximum absolute atomic E-state index is 8.84. The number of rotatable bonds is 5. The Labute approximate surface area is 125 Å². The zero-order valence-electron chi connectivity index (χ0n) is 11.0. The van der Waals surface area contributed by atoms with Crippen molar-refractivity contribution in [3.8, 4) is 11.4 Å². The molecule has 2 aromatic heterocycles. The molecule has 0 aliphatic heterocycles. The van der Waals surface area contributed by atoms with Gasteiger partial charge in [-0.1, -0.05) is 22.0 Å². The summed E-state index contributed by atoms with van der Waals surface area (Å²) in [4.78, 5) is 4.30. The zero-order valence-corrected chi connectivity index (χ0v) is 11.7. The van der Waals surface area contributed by atoms with E-state index in [1.165, 1.54) is 0 Å². The van der Waals surface area contributed by atoms with Crippen LogP contribution in [0.25, 0.3) is 11.4 Å². The maximum atomic E-state index is 8.84. The molecule has 0 atom stereocenters. The number of nitrogens with zero attached hydrogens (tertiary/aromatic N) is 5. The first-order valence-electron chi connectivity index (χ1n) is 6.33. The van der Waals surface area contributed by atoms with Crippen molar-refractivity contribution in [2.75, 3.05) is 6.61 Å². The fourth-order valence-corrected chi connectivity index (χ4v) is 1.94. The lowest BCUT2D eigenvalue weighted by Crippen LogP contribution is -2.00. The highest BCUT2D eigenvalue weighted by atomic mass is 35.5. The Morgan fingerprint density at radius 2 is 2.05 bits per heavy atom. The van der Waals surface area contributed by atoms with Crippen molar-refractivity contribution in [3.05, 3.63) is 47.1 Å². The Morgan fingerprint density at radius 1 is 1.24 bits per heavy atom. The monoisotopic (exact) mass is 305 g/mol. The van der Waals surface area contributed by atoms with Crippen molar-refractivity contribution < 1.29 is 9.63 Å². The van der Waals surface area contributed by atoms with Crippen molar-refractivity contribution >= 4 is 11.6 Å². The van der Waals surface area contributed by atoms with Gasteiger partial charge in [0.05, 0.1) is 5.69 Å². The van der Waals surface area contributed by atoms with Crippen molar-refractivity contribution in [1.82, 2.24) is 25.1 Å². The van der Waals surface area contributed by atoms with E-state index in [4.69, 9.17) is 21.2 Å². The molecular formula is C13H12ClN5O2. The number of hydrogen-bond donors (Lipinski definition) is 1. The molecule has 0 amide bonds. The number of aromatic nitrogens is 5. The minimum Gasteiger partial charge on any atom is -0.396 e. The summed E-state index contributed by atoms with van der Waals surface area (Å²) in [7, 11) is 0. The smallest absolute Gasteiger partial charge is 0.248 e. The highest BCUT2D eigenvalue weighted by Crippen LogP contribution is 2.18. The molecule has 3 aromatic rings. The van der Waals surface area contributed by atoms with Gasteiger partial charge in [-0.25, -0.2) is 4.68 Å². The number of hydrogen-bond acceptors (Lipinski definition) is 6. The molecule has 0 aliphatic rings. The molecule has 0 fully saturated rings. The Balaban J connectivity index is 1.73. The van der Waals surface area contributed by atoms with Gasteiger partial charge in [0.2, 0.25) is 11.7 Å². The Bertz CT molecular complexity index is 722. The molecule has 2 heterocycles. The molecule has 0 saturated heterocycles. The van der Waals surface area contributed by atoms with E-state index in [9.17, 15) is 0 Å². The molecule has 1 aromatic carbocycles. The third-order valence-electron chi connectivity index (χ3n) is 2.82. The molecule has 0 bridgehead atoms. The van der Waals surface area contributed by atoms with E-state index in [0.29, 0.717) is 29.7 Å². The summed E-state index contributed by atoms with van der Waals surface area (Å²) in [6.45, 7) is 0.374. The van der Waals surface area contributed by atoms with Crippen LogP contribution in [0.1, 0.15) is 11.6 Å². The first kappa shape index (κ1) is 13.7. The summed E-state index contributed by atoms with van der Waals surface area (Å²) >= 11 is 5.84. The second-order valence-corrected chi connectivity index (χ2v) is 4.84. The molecule has 8 heteroatoms. The average molecular weight is 306 g/mol. The predicted molar refractivity (Wildman–Crippen MR) is 74.7 cm³/mol. The quantitative estimate of drug-likeness (QED) is 0.769. The second kappa shape index (κ2) is 6.02. The van der Waals surface area contributed by atoms with E-state index in [-0.39, 0.29) is 6.61 Å². The number of aliphatic hydroxyl groups is 1. The van der Waals surface area contributed by atoms with Gasteiger partial charge < -0.3 is 9.63 Å². The first-order valence-corrected chi connectivity index (χ1v) is 6.71. The van der Waals surface area contributed by atoms with Crippen LogP contribution in [0.3, 0.4) is 0 Å². The molecule has 0 radical (unpaired) electrons. The zero-order chi connectivity index (χ0) is 14.7. The van der Waals surface area contributed by atoms with E-state index < -0.39 is 0 Å². The number of benzene rings is 1. The average Bonchev–Trinajstić information content (AvgIpc) is 3.11. The molecule has 1 N–H and O–H groups in total. The standard InChI is InChI=1S/C13H12ClN5O2/c14-10-3-1-9(2-4-10)13-15-12(21-17-13)8-19-7-11(5-6-20)16-18-19/h1-4,7,20H,5-6,8H2. The third kappa shape index (κ3) is 3.26. The Morgan fingerprint density at radius 3 is 2.81 bits per heavy atom. The lowest BCUT2D eigenvalue weighted by atomic mass is 10.2. The Hall–Kier alpha value is -2.25. The van der Waals surface area contributed by atoms with Gasteiger partial charge in [0.1, 0.15) is 6.54 Å². The topological polar surface area (TPSA) is 89.9 Å². The highest BCUT2D eigenvalue weighted by Gasteiger charge is 2.10. The molecular weight excluding hydrogens is 294 g/mol. The molecule has 21 heavy (non-hydrogen) atoms. The van der Waals surface area contributed by atoms with Gasteiger partial charge in [-0.15, -0.1) is 5.10 Å². The fraction of sp³-hybridized carbons (Fsp3) is 0.231. The lowest BCUT2D eigenvalue weighted by molar-refractivity contribution is 0.298. The van der Waals surface area contributed by atoms with Crippen molar-refractivity contribution in [1.29, 1.82) is 0 Å². The van der Waals surface area contributed by atoms with Crippen molar-refractivity contribution in [3.63, 3.8) is 0 Å². The third-order valence-corrected chi connectivity index (χ3v) is 3.07. The summed E-state index contributed by atoms with van der Waals surface area (Å²) < 4.78 is 6.78. The van der Waals surface area contributed by atoms with Gasteiger partial charge in [0.15, 0.2) is 0 Å². The van der Waals surface area contributed by atoms with E-state index in [1.807, 2.05) is 12.1 Å². The van der Waals surface area contributed by atoms with Crippen molar-refractivity contribution in [2.24, 2.45) is 0 Å². The summed E-state index contributed by atoms with van der Waals surface area (Å²) in [5.41, 5.74) is 1.55. The fourth-order valence-electron chi connectivity index (χ4n) is 1.82. The SMILES string of the molecule is OCCc1cn(Cc2nc(-c3ccc(Cl)cc3)no2)nn1. The van der Waals surface area contributed by atoms with E-state index in [1.54, 1.807) is 23.0 Å².